The first-order valence-corrected chi connectivity index (χ1v) is 7.84. The minimum absolute atomic E-state index is 0.0474. The van der Waals surface area contributed by atoms with Crippen molar-refractivity contribution in [3.8, 4) is 5.75 Å². The predicted octanol–water partition coefficient (Wildman–Crippen LogP) is 2.79. The summed E-state index contributed by atoms with van der Waals surface area (Å²) in [7, 11) is 0. The first-order chi connectivity index (χ1) is 10.1. The highest BCUT2D eigenvalue weighted by Gasteiger charge is 2.20. The molecule has 0 aliphatic carbocycles. The van der Waals surface area contributed by atoms with Crippen LogP contribution in [0.2, 0.25) is 0 Å². The van der Waals surface area contributed by atoms with E-state index in [1.807, 2.05) is 45.0 Å². The SMILES string of the molecule is CC(C)Oc1ccccc1C(C)NC(=O)CC1CCCN1. The number of ether oxygens (including phenoxy) is 1. The van der Waals surface area contributed by atoms with Gasteiger partial charge in [0.05, 0.1) is 12.1 Å². The van der Waals surface area contributed by atoms with E-state index in [4.69, 9.17) is 4.74 Å². The van der Waals surface area contributed by atoms with Gasteiger partial charge >= 0.3 is 0 Å². The molecule has 0 aromatic heterocycles. The van der Waals surface area contributed by atoms with Crippen LogP contribution in [-0.2, 0) is 4.79 Å². The summed E-state index contributed by atoms with van der Waals surface area (Å²) in [6.45, 7) is 7.04. The highest BCUT2D eigenvalue weighted by atomic mass is 16.5. The molecular weight excluding hydrogens is 264 g/mol. The highest BCUT2D eigenvalue weighted by Crippen LogP contribution is 2.26. The standard InChI is InChI=1S/C17H26N2O2/c1-12(2)21-16-9-5-4-8-15(16)13(3)19-17(20)11-14-7-6-10-18-14/h4-5,8-9,12-14,18H,6-7,10-11H2,1-3H3,(H,19,20). The van der Waals surface area contributed by atoms with Gasteiger partial charge in [0.25, 0.3) is 0 Å². The van der Waals surface area contributed by atoms with Gasteiger partial charge in [0, 0.05) is 18.0 Å². The predicted molar refractivity (Wildman–Crippen MR) is 84.4 cm³/mol. The molecule has 2 N–H and O–H groups in total. The lowest BCUT2D eigenvalue weighted by Crippen LogP contribution is -2.33. The minimum atomic E-state index is -0.0474. The van der Waals surface area contributed by atoms with E-state index >= 15 is 0 Å². The van der Waals surface area contributed by atoms with Crippen LogP contribution in [0.5, 0.6) is 5.75 Å². The van der Waals surface area contributed by atoms with E-state index in [0.717, 1.165) is 24.3 Å². The van der Waals surface area contributed by atoms with Crippen LogP contribution in [0.15, 0.2) is 24.3 Å². The van der Waals surface area contributed by atoms with Gasteiger partial charge in [-0.05, 0) is 46.2 Å². The number of hydrogen-bond donors (Lipinski definition) is 2. The fourth-order valence-electron chi connectivity index (χ4n) is 2.73. The molecule has 1 amide bonds. The minimum Gasteiger partial charge on any atom is -0.491 e. The molecule has 0 spiro atoms. The van der Waals surface area contributed by atoms with Crippen LogP contribution in [0.1, 0.15) is 51.6 Å². The van der Waals surface area contributed by atoms with Crippen molar-refractivity contribution >= 4 is 5.91 Å². The number of hydrogen-bond acceptors (Lipinski definition) is 3. The van der Waals surface area contributed by atoms with Gasteiger partial charge in [0.2, 0.25) is 5.91 Å². The van der Waals surface area contributed by atoms with Crippen LogP contribution >= 0.6 is 0 Å². The van der Waals surface area contributed by atoms with Gasteiger partial charge in [-0.2, -0.15) is 0 Å². The molecule has 1 aromatic rings. The van der Waals surface area contributed by atoms with E-state index in [1.165, 1.54) is 6.42 Å². The van der Waals surface area contributed by atoms with E-state index in [1.54, 1.807) is 0 Å². The monoisotopic (exact) mass is 290 g/mol. The first kappa shape index (κ1) is 15.8. The van der Waals surface area contributed by atoms with Gasteiger partial charge in [-0.15, -0.1) is 0 Å². The number of carbonyl (C=O) groups is 1. The lowest BCUT2D eigenvalue weighted by molar-refractivity contribution is -0.122. The lowest BCUT2D eigenvalue weighted by Gasteiger charge is -2.20. The Balaban J connectivity index is 1.95. The number of rotatable bonds is 6. The Morgan fingerprint density at radius 2 is 2.14 bits per heavy atom. The second kappa shape index (κ2) is 7.46. The smallest absolute Gasteiger partial charge is 0.222 e. The molecule has 0 bridgehead atoms. The third-order valence-corrected chi connectivity index (χ3v) is 3.72. The molecule has 0 radical (unpaired) electrons. The molecule has 1 aromatic carbocycles. The summed E-state index contributed by atoms with van der Waals surface area (Å²) in [5, 5.41) is 6.43. The number of amides is 1. The van der Waals surface area contributed by atoms with Crippen LogP contribution in [0.25, 0.3) is 0 Å². The lowest BCUT2D eigenvalue weighted by atomic mass is 10.1. The van der Waals surface area contributed by atoms with Gasteiger partial charge in [-0.3, -0.25) is 4.79 Å². The fraction of sp³-hybridized carbons (Fsp3) is 0.588. The van der Waals surface area contributed by atoms with Crippen molar-refractivity contribution in [2.45, 2.75) is 58.2 Å². The second-order valence-electron chi connectivity index (χ2n) is 5.99. The zero-order valence-corrected chi connectivity index (χ0v) is 13.2. The van der Waals surface area contributed by atoms with Gasteiger partial charge in [0.1, 0.15) is 5.75 Å². The molecule has 0 saturated carbocycles. The van der Waals surface area contributed by atoms with Crippen LogP contribution in [0, 0.1) is 0 Å². The zero-order chi connectivity index (χ0) is 15.2. The summed E-state index contributed by atoms with van der Waals surface area (Å²) in [6.07, 6.45) is 2.93. The van der Waals surface area contributed by atoms with E-state index in [2.05, 4.69) is 10.6 Å². The Kier molecular flexibility index (Phi) is 5.62. The maximum atomic E-state index is 12.1. The summed E-state index contributed by atoms with van der Waals surface area (Å²) in [4.78, 5) is 12.1. The van der Waals surface area contributed by atoms with E-state index < -0.39 is 0 Å². The van der Waals surface area contributed by atoms with Crippen LogP contribution < -0.4 is 15.4 Å². The molecule has 2 atom stereocenters. The van der Waals surface area contributed by atoms with Crippen molar-refractivity contribution in [2.75, 3.05) is 6.54 Å². The zero-order valence-electron chi connectivity index (χ0n) is 13.2. The molecule has 116 valence electrons. The molecule has 2 rings (SSSR count). The Bertz CT molecular complexity index is 468. The Morgan fingerprint density at radius 1 is 1.38 bits per heavy atom. The van der Waals surface area contributed by atoms with Gasteiger partial charge in [-0.1, -0.05) is 18.2 Å². The number of carbonyl (C=O) groups excluding carboxylic acids is 1. The van der Waals surface area contributed by atoms with E-state index in [-0.39, 0.29) is 18.1 Å². The van der Waals surface area contributed by atoms with Gasteiger partial charge in [-0.25, -0.2) is 0 Å². The number of nitrogens with one attached hydrogen (secondary N) is 2. The van der Waals surface area contributed by atoms with Gasteiger partial charge in [0.15, 0.2) is 0 Å². The Morgan fingerprint density at radius 3 is 2.81 bits per heavy atom. The van der Waals surface area contributed by atoms with E-state index in [9.17, 15) is 4.79 Å². The molecule has 1 aliphatic heterocycles. The maximum Gasteiger partial charge on any atom is 0.222 e. The Labute approximate surface area is 127 Å². The molecule has 21 heavy (non-hydrogen) atoms. The van der Waals surface area contributed by atoms with Crippen molar-refractivity contribution in [3.05, 3.63) is 29.8 Å². The highest BCUT2D eigenvalue weighted by molar-refractivity contribution is 5.77. The molecule has 1 fully saturated rings. The first-order valence-electron chi connectivity index (χ1n) is 7.84. The summed E-state index contributed by atoms with van der Waals surface area (Å²) in [5.74, 6) is 0.945. The maximum absolute atomic E-state index is 12.1. The fourth-order valence-corrected chi connectivity index (χ4v) is 2.73. The van der Waals surface area contributed by atoms with Crippen LogP contribution in [0.3, 0.4) is 0 Å². The average Bonchev–Trinajstić information content (AvgIpc) is 2.91. The molecule has 1 saturated heterocycles. The molecule has 2 unspecified atom stereocenters. The van der Waals surface area contributed by atoms with Crippen molar-refractivity contribution in [1.29, 1.82) is 0 Å². The number of para-hydroxylation sites is 1. The quantitative estimate of drug-likeness (QED) is 0.847. The third-order valence-electron chi connectivity index (χ3n) is 3.72. The normalized spacial score (nSPS) is 19.5. The van der Waals surface area contributed by atoms with Crippen molar-refractivity contribution in [2.24, 2.45) is 0 Å². The molecular formula is C17H26N2O2. The summed E-state index contributed by atoms with van der Waals surface area (Å²) < 4.78 is 5.82. The molecule has 1 heterocycles. The molecule has 4 heteroatoms. The average molecular weight is 290 g/mol. The van der Waals surface area contributed by atoms with Gasteiger partial charge < -0.3 is 15.4 Å². The van der Waals surface area contributed by atoms with Crippen molar-refractivity contribution in [3.63, 3.8) is 0 Å². The topological polar surface area (TPSA) is 50.4 Å². The summed E-state index contributed by atoms with van der Waals surface area (Å²) in [5.41, 5.74) is 1.03. The largest absolute Gasteiger partial charge is 0.491 e. The second-order valence-corrected chi connectivity index (χ2v) is 5.99. The summed E-state index contributed by atoms with van der Waals surface area (Å²) in [6, 6.07) is 8.18. The van der Waals surface area contributed by atoms with Crippen LogP contribution in [0.4, 0.5) is 0 Å². The third kappa shape index (κ3) is 4.74. The Hall–Kier alpha value is -1.55. The number of benzene rings is 1. The van der Waals surface area contributed by atoms with Crippen LogP contribution in [-0.4, -0.2) is 24.6 Å². The van der Waals surface area contributed by atoms with Crippen molar-refractivity contribution < 1.29 is 9.53 Å². The molecule has 1 aliphatic rings. The molecule has 4 nitrogen and oxygen atoms in total. The van der Waals surface area contributed by atoms with E-state index in [0.29, 0.717) is 12.5 Å². The van der Waals surface area contributed by atoms with Crippen molar-refractivity contribution in [1.82, 2.24) is 10.6 Å². The summed E-state index contributed by atoms with van der Waals surface area (Å²) >= 11 is 0.